The van der Waals surface area contributed by atoms with Crippen LogP contribution in [-0.4, -0.2) is 11.1 Å². The van der Waals surface area contributed by atoms with E-state index in [4.69, 9.17) is 13.7 Å². The molecule has 18 heavy (non-hydrogen) atoms. The molecule has 0 N–H and O–H groups in total. The number of furan rings is 1. The molecule has 0 aromatic carbocycles. The van der Waals surface area contributed by atoms with Gasteiger partial charge in [-0.2, -0.15) is 0 Å². The number of hydrogen-bond acceptors (Lipinski definition) is 5. The number of nitrogens with zero attached hydrogens (tertiary/aromatic N) is 1. The highest BCUT2D eigenvalue weighted by Crippen LogP contribution is 2.13. The first-order valence-electron chi connectivity index (χ1n) is 5.47. The molecule has 2 aromatic heterocycles. The third-order valence-electron chi connectivity index (χ3n) is 2.47. The van der Waals surface area contributed by atoms with E-state index in [1.807, 2.05) is 0 Å². The van der Waals surface area contributed by atoms with Crippen LogP contribution in [-0.2, 0) is 16.1 Å². The van der Waals surface area contributed by atoms with E-state index in [2.05, 4.69) is 5.16 Å². The SMILES string of the molecule is Cc1noc(C)c1COC(=O)/C=C/c1ccco1. The van der Waals surface area contributed by atoms with Crippen LogP contribution in [0, 0.1) is 13.8 Å². The maximum Gasteiger partial charge on any atom is 0.331 e. The Labute approximate surface area is 104 Å². The quantitative estimate of drug-likeness (QED) is 0.613. The van der Waals surface area contributed by atoms with Crippen molar-refractivity contribution in [3.63, 3.8) is 0 Å². The Kier molecular flexibility index (Phi) is 3.62. The van der Waals surface area contributed by atoms with E-state index < -0.39 is 5.97 Å². The van der Waals surface area contributed by atoms with Crippen LogP contribution in [0.4, 0.5) is 0 Å². The van der Waals surface area contributed by atoms with Crippen molar-refractivity contribution in [1.29, 1.82) is 0 Å². The maximum atomic E-state index is 11.5. The van der Waals surface area contributed by atoms with Gasteiger partial charge in [0.05, 0.1) is 17.5 Å². The number of carbonyl (C=O) groups is 1. The average molecular weight is 247 g/mol. The highest BCUT2D eigenvalue weighted by Gasteiger charge is 2.10. The van der Waals surface area contributed by atoms with Gasteiger partial charge in [-0.25, -0.2) is 4.79 Å². The van der Waals surface area contributed by atoms with E-state index in [0.29, 0.717) is 11.5 Å². The largest absolute Gasteiger partial charge is 0.465 e. The second-order valence-electron chi connectivity index (χ2n) is 3.76. The zero-order chi connectivity index (χ0) is 13.0. The van der Waals surface area contributed by atoms with Gasteiger partial charge in [0.1, 0.15) is 18.1 Å². The Bertz CT molecular complexity index is 532. The van der Waals surface area contributed by atoms with Gasteiger partial charge < -0.3 is 13.7 Å². The van der Waals surface area contributed by atoms with Crippen molar-refractivity contribution < 1.29 is 18.5 Å². The van der Waals surface area contributed by atoms with Crippen LogP contribution in [0.2, 0.25) is 0 Å². The highest BCUT2D eigenvalue weighted by molar-refractivity contribution is 5.86. The Morgan fingerprint density at radius 2 is 2.33 bits per heavy atom. The summed E-state index contributed by atoms with van der Waals surface area (Å²) in [5, 5.41) is 3.78. The van der Waals surface area contributed by atoms with E-state index in [0.717, 1.165) is 11.3 Å². The van der Waals surface area contributed by atoms with Crippen molar-refractivity contribution in [2.45, 2.75) is 20.5 Å². The maximum absolute atomic E-state index is 11.5. The van der Waals surface area contributed by atoms with Crippen molar-refractivity contribution in [3.8, 4) is 0 Å². The number of esters is 1. The summed E-state index contributed by atoms with van der Waals surface area (Å²) in [6, 6.07) is 3.49. The lowest BCUT2D eigenvalue weighted by molar-refractivity contribution is -0.138. The smallest absolute Gasteiger partial charge is 0.331 e. The Balaban J connectivity index is 1.89. The van der Waals surface area contributed by atoms with Gasteiger partial charge in [-0.3, -0.25) is 0 Å². The van der Waals surface area contributed by atoms with Gasteiger partial charge in [-0.1, -0.05) is 5.16 Å². The first-order valence-corrected chi connectivity index (χ1v) is 5.47. The van der Waals surface area contributed by atoms with Gasteiger partial charge >= 0.3 is 5.97 Å². The minimum absolute atomic E-state index is 0.155. The zero-order valence-corrected chi connectivity index (χ0v) is 10.2. The summed E-state index contributed by atoms with van der Waals surface area (Å²) in [7, 11) is 0. The monoisotopic (exact) mass is 247 g/mol. The normalized spacial score (nSPS) is 11.0. The molecule has 0 bridgehead atoms. The molecule has 2 rings (SSSR count). The number of carbonyl (C=O) groups excluding carboxylic acids is 1. The van der Waals surface area contributed by atoms with Crippen LogP contribution in [0.3, 0.4) is 0 Å². The fourth-order valence-electron chi connectivity index (χ4n) is 1.44. The fourth-order valence-corrected chi connectivity index (χ4v) is 1.44. The van der Waals surface area contributed by atoms with Crippen LogP contribution < -0.4 is 0 Å². The van der Waals surface area contributed by atoms with Crippen LogP contribution in [0.5, 0.6) is 0 Å². The third-order valence-corrected chi connectivity index (χ3v) is 2.47. The summed E-state index contributed by atoms with van der Waals surface area (Å²) in [4.78, 5) is 11.5. The molecule has 0 spiro atoms. The minimum atomic E-state index is -0.439. The molecule has 0 fully saturated rings. The molecule has 5 heteroatoms. The molecule has 0 saturated carbocycles. The molecule has 0 aliphatic rings. The molecule has 0 unspecified atom stereocenters. The molecule has 0 amide bonds. The predicted molar refractivity (Wildman–Crippen MR) is 63.5 cm³/mol. The van der Waals surface area contributed by atoms with E-state index in [-0.39, 0.29) is 6.61 Å². The Hall–Kier alpha value is -2.30. The Morgan fingerprint density at radius 3 is 2.94 bits per heavy atom. The lowest BCUT2D eigenvalue weighted by Gasteiger charge is -2.00. The molecule has 2 heterocycles. The molecule has 94 valence electrons. The van der Waals surface area contributed by atoms with Gasteiger partial charge in [0.25, 0.3) is 0 Å². The van der Waals surface area contributed by atoms with Crippen molar-refractivity contribution in [1.82, 2.24) is 5.16 Å². The minimum Gasteiger partial charge on any atom is -0.465 e. The summed E-state index contributed by atoms with van der Waals surface area (Å²) < 4.78 is 15.1. The first-order chi connectivity index (χ1) is 8.66. The fraction of sp³-hybridized carbons (Fsp3) is 0.231. The molecular weight excluding hydrogens is 234 g/mol. The predicted octanol–water partition coefficient (Wildman–Crippen LogP) is 2.64. The third kappa shape index (κ3) is 2.88. The van der Waals surface area contributed by atoms with Crippen LogP contribution in [0.15, 0.2) is 33.4 Å². The van der Waals surface area contributed by atoms with Crippen molar-refractivity contribution in [2.75, 3.05) is 0 Å². The number of aromatic nitrogens is 1. The van der Waals surface area contributed by atoms with Crippen molar-refractivity contribution >= 4 is 12.0 Å². The summed E-state index contributed by atoms with van der Waals surface area (Å²) in [5.41, 5.74) is 1.53. The van der Waals surface area contributed by atoms with E-state index >= 15 is 0 Å². The second kappa shape index (κ2) is 5.35. The Morgan fingerprint density at radius 1 is 1.50 bits per heavy atom. The molecule has 0 radical (unpaired) electrons. The number of rotatable bonds is 4. The summed E-state index contributed by atoms with van der Waals surface area (Å²) in [6.07, 6.45) is 4.40. The van der Waals surface area contributed by atoms with Gasteiger partial charge in [-0.15, -0.1) is 0 Å². The second-order valence-corrected chi connectivity index (χ2v) is 3.76. The molecule has 0 saturated heterocycles. The first kappa shape index (κ1) is 12.2. The number of hydrogen-bond donors (Lipinski definition) is 0. The topological polar surface area (TPSA) is 65.5 Å². The standard InChI is InChI=1S/C13H13NO4/c1-9-12(10(2)18-14-9)8-17-13(15)6-5-11-4-3-7-16-11/h3-7H,8H2,1-2H3/b6-5+. The van der Waals surface area contributed by atoms with Crippen LogP contribution >= 0.6 is 0 Å². The average Bonchev–Trinajstić information content (AvgIpc) is 2.96. The number of aryl methyl sites for hydroxylation is 2. The van der Waals surface area contributed by atoms with E-state index in [1.54, 1.807) is 32.1 Å². The molecule has 2 aromatic rings. The van der Waals surface area contributed by atoms with E-state index in [9.17, 15) is 4.79 Å². The molecular formula is C13H13NO4. The molecule has 5 nitrogen and oxygen atoms in total. The summed E-state index contributed by atoms with van der Waals surface area (Å²) in [5.74, 6) is 0.825. The van der Waals surface area contributed by atoms with E-state index in [1.165, 1.54) is 12.3 Å². The van der Waals surface area contributed by atoms with Gasteiger partial charge in [0.2, 0.25) is 0 Å². The van der Waals surface area contributed by atoms with Crippen molar-refractivity contribution in [3.05, 3.63) is 47.2 Å². The molecule has 0 aliphatic heterocycles. The van der Waals surface area contributed by atoms with Crippen LogP contribution in [0.1, 0.15) is 22.8 Å². The van der Waals surface area contributed by atoms with Gasteiger partial charge in [0.15, 0.2) is 0 Å². The lowest BCUT2D eigenvalue weighted by Crippen LogP contribution is -2.02. The highest BCUT2D eigenvalue weighted by atomic mass is 16.5. The van der Waals surface area contributed by atoms with Gasteiger partial charge in [-0.05, 0) is 32.1 Å². The lowest BCUT2D eigenvalue weighted by atomic mass is 10.2. The number of ether oxygens (including phenoxy) is 1. The van der Waals surface area contributed by atoms with Crippen molar-refractivity contribution in [2.24, 2.45) is 0 Å². The summed E-state index contributed by atoms with van der Waals surface area (Å²) >= 11 is 0. The summed E-state index contributed by atoms with van der Waals surface area (Å²) in [6.45, 7) is 3.74. The molecule has 0 aliphatic carbocycles. The zero-order valence-electron chi connectivity index (χ0n) is 10.2. The molecule has 0 atom stereocenters. The van der Waals surface area contributed by atoms with Gasteiger partial charge in [0, 0.05) is 6.08 Å². The van der Waals surface area contributed by atoms with Crippen LogP contribution in [0.25, 0.3) is 6.08 Å².